The fourth-order valence-electron chi connectivity index (χ4n) is 2.76. The van der Waals surface area contributed by atoms with Gasteiger partial charge in [-0.2, -0.15) is 0 Å². The second-order valence-corrected chi connectivity index (χ2v) is 9.00. The number of amides is 1. The van der Waals surface area contributed by atoms with Crippen molar-refractivity contribution in [1.29, 1.82) is 0 Å². The molecule has 0 spiro atoms. The Morgan fingerprint density at radius 1 is 1.13 bits per heavy atom. The monoisotopic (exact) mass is 478 g/mol. The lowest BCUT2D eigenvalue weighted by atomic mass is 10.2. The van der Waals surface area contributed by atoms with Gasteiger partial charge in [0.2, 0.25) is 5.91 Å². The largest absolute Gasteiger partial charge is 0.493 e. The van der Waals surface area contributed by atoms with Gasteiger partial charge in [-0.1, -0.05) is 48.8 Å². The molecule has 6 nitrogen and oxygen atoms in total. The second kappa shape index (κ2) is 10.9. The van der Waals surface area contributed by atoms with Crippen LogP contribution in [0.4, 0.5) is 5.69 Å². The molecule has 3 aromatic rings. The van der Waals surface area contributed by atoms with E-state index in [4.69, 9.17) is 27.9 Å². The molecule has 0 radical (unpaired) electrons. The molecule has 0 fully saturated rings. The lowest BCUT2D eigenvalue weighted by Gasteiger charge is -2.10. The maximum atomic E-state index is 12.3. The summed E-state index contributed by atoms with van der Waals surface area (Å²) in [4.78, 5) is 12.3. The lowest BCUT2D eigenvalue weighted by Crippen LogP contribution is -2.14. The SMILES string of the molecule is CCn1c(SCC(=O)Nc2ccc(Cl)c(Cl)c2)nnc1-c1ccc(OCC(C)C)cc1. The molecule has 0 aliphatic heterocycles. The van der Waals surface area contributed by atoms with E-state index < -0.39 is 0 Å². The summed E-state index contributed by atoms with van der Waals surface area (Å²) in [6.45, 7) is 7.61. The highest BCUT2D eigenvalue weighted by atomic mass is 35.5. The molecule has 1 N–H and O–H groups in total. The Balaban J connectivity index is 1.64. The summed E-state index contributed by atoms with van der Waals surface area (Å²) >= 11 is 13.2. The first-order valence-electron chi connectivity index (χ1n) is 9.91. The first-order chi connectivity index (χ1) is 14.9. The van der Waals surface area contributed by atoms with Crippen LogP contribution in [0.25, 0.3) is 11.4 Å². The number of rotatable bonds is 9. The third-order valence-corrected chi connectivity index (χ3v) is 5.97. The zero-order valence-electron chi connectivity index (χ0n) is 17.6. The Bertz CT molecular complexity index is 1040. The molecule has 0 unspecified atom stereocenters. The number of nitrogens with zero attached hydrogens (tertiary/aromatic N) is 3. The van der Waals surface area contributed by atoms with Crippen molar-refractivity contribution in [3.05, 3.63) is 52.5 Å². The maximum Gasteiger partial charge on any atom is 0.234 e. The average Bonchev–Trinajstić information content (AvgIpc) is 3.16. The number of aromatic nitrogens is 3. The summed E-state index contributed by atoms with van der Waals surface area (Å²) in [7, 11) is 0. The van der Waals surface area contributed by atoms with Crippen LogP contribution in [0, 0.1) is 5.92 Å². The number of hydrogen-bond acceptors (Lipinski definition) is 5. The molecule has 31 heavy (non-hydrogen) atoms. The Kier molecular flexibility index (Phi) is 8.23. The minimum atomic E-state index is -0.165. The average molecular weight is 479 g/mol. The Morgan fingerprint density at radius 3 is 2.52 bits per heavy atom. The van der Waals surface area contributed by atoms with E-state index >= 15 is 0 Å². The van der Waals surface area contributed by atoms with E-state index in [1.165, 1.54) is 11.8 Å². The standard InChI is InChI=1S/C22H24Cl2N4O2S/c1-4-28-21(15-5-8-17(9-6-15)30-12-14(2)3)26-27-22(28)31-13-20(29)25-16-7-10-18(23)19(24)11-16/h5-11,14H,4,12-13H2,1-3H3,(H,25,29). The van der Waals surface area contributed by atoms with Gasteiger partial charge in [-0.25, -0.2) is 0 Å². The molecule has 0 aliphatic carbocycles. The van der Waals surface area contributed by atoms with Crippen LogP contribution in [0.1, 0.15) is 20.8 Å². The van der Waals surface area contributed by atoms with E-state index in [9.17, 15) is 4.79 Å². The van der Waals surface area contributed by atoms with Crippen LogP contribution < -0.4 is 10.1 Å². The third-order valence-electron chi connectivity index (χ3n) is 4.26. The normalized spacial score (nSPS) is 11.0. The zero-order valence-corrected chi connectivity index (χ0v) is 19.9. The minimum Gasteiger partial charge on any atom is -0.493 e. The van der Waals surface area contributed by atoms with Gasteiger partial charge in [0.1, 0.15) is 5.75 Å². The van der Waals surface area contributed by atoms with Crippen LogP contribution in [0.2, 0.25) is 10.0 Å². The molecule has 164 valence electrons. The third kappa shape index (κ3) is 6.38. The molecule has 1 aromatic heterocycles. The van der Waals surface area contributed by atoms with Crippen LogP contribution in [0.5, 0.6) is 5.75 Å². The predicted octanol–water partition coefficient (Wildman–Crippen LogP) is 6.04. The van der Waals surface area contributed by atoms with Gasteiger partial charge in [0.25, 0.3) is 0 Å². The molecule has 0 saturated carbocycles. The Morgan fingerprint density at radius 2 is 1.87 bits per heavy atom. The fraction of sp³-hybridized carbons (Fsp3) is 0.318. The molecule has 1 amide bonds. The topological polar surface area (TPSA) is 69.0 Å². The van der Waals surface area contributed by atoms with Gasteiger partial charge in [-0.05, 0) is 55.3 Å². The van der Waals surface area contributed by atoms with Crippen molar-refractivity contribution in [1.82, 2.24) is 14.8 Å². The van der Waals surface area contributed by atoms with E-state index in [1.54, 1.807) is 18.2 Å². The summed E-state index contributed by atoms with van der Waals surface area (Å²) in [5.41, 5.74) is 1.54. The van der Waals surface area contributed by atoms with Crippen molar-refractivity contribution in [3.8, 4) is 17.1 Å². The van der Waals surface area contributed by atoms with Crippen LogP contribution in [0.3, 0.4) is 0 Å². The van der Waals surface area contributed by atoms with Crippen LogP contribution in [-0.4, -0.2) is 33.0 Å². The molecule has 0 bridgehead atoms. The summed E-state index contributed by atoms with van der Waals surface area (Å²) < 4.78 is 7.73. The van der Waals surface area contributed by atoms with Crippen LogP contribution in [-0.2, 0) is 11.3 Å². The molecule has 2 aromatic carbocycles. The van der Waals surface area contributed by atoms with Gasteiger partial charge >= 0.3 is 0 Å². The highest BCUT2D eigenvalue weighted by molar-refractivity contribution is 7.99. The number of carbonyl (C=O) groups is 1. The number of ether oxygens (including phenoxy) is 1. The predicted molar refractivity (Wildman–Crippen MR) is 127 cm³/mol. The first-order valence-corrected chi connectivity index (χ1v) is 11.7. The van der Waals surface area contributed by atoms with E-state index in [0.29, 0.717) is 40.0 Å². The quantitative estimate of drug-likeness (QED) is 0.379. The smallest absolute Gasteiger partial charge is 0.234 e. The highest BCUT2D eigenvalue weighted by Gasteiger charge is 2.15. The summed E-state index contributed by atoms with van der Waals surface area (Å²) in [5, 5.41) is 12.9. The molecule has 0 atom stereocenters. The van der Waals surface area contributed by atoms with Gasteiger partial charge in [-0.3, -0.25) is 4.79 Å². The molecule has 0 aliphatic rings. The van der Waals surface area contributed by atoms with Crippen molar-refractivity contribution in [2.75, 3.05) is 17.7 Å². The molecule has 0 saturated heterocycles. The number of thioether (sulfide) groups is 1. The van der Waals surface area contributed by atoms with E-state index in [1.807, 2.05) is 35.8 Å². The zero-order chi connectivity index (χ0) is 22.4. The molecular weight excluding hydrogens is 455 g/mol. The first kappa shape index (κ1) is 23.4. The van der Waals surface area contributed by atoms with Crippen molar-refractivity contribution in [2.45, 2.75) is 32.5 Å². The van der Waals surface area contributed by atoms with Crippen molar-refractivity contribution in [2.24, 2.45) is 5.92 Å². The fourth-order valence-corrected chi connectivity index (χ4v) is 3.86. The molecule has 1 heterocycles. The van der Waals surface area contributed by atoms with Gasteiger partial charge in [-0.15, -0.1) is 10.2 Å². The van der Waals surface area contributed by atoms with E-state index in [-0.39, 0.29) is 11.7 Å². The number of nitrogens with one attached hydrogen (secondary N) is 1. The van der Waals surface area contributed by atoms with E-state index in [0.717, 1.165) is 17.1 Å². The number of carbonyl (C=O) groups excluding carboxylic acids is 1. The summed E-state index contributed by atoms with van der Waals surface area (Å²) in [5.74, 6) is 2.08. The van der Waals surface area contributed by atoms with Crippen LogP contribution >= 0.6 is 35.0 Å². The van der Waals surface area contributed by atoms with Gasteiger partial charge in [0, 0.05) is 17.8 Å². The number of halogens is 2. The van der Waals surface area contributed by atoms with Gasteiger partial charge < -0.3 is 14.6 Å². The van der Waals surface area contributed by atoms with Gasteiger partial charge in [0.05, 0.1) is 22.4 Å². The van der Waals surface area contributed by atoms with Gasteiger partial charge in [0.15, 0.2) is 11.0 Å². The second-order valence-electron chi connectivity index (χ2n) is 7.25. The van der Waals surface area contributed by atoms with Crippen LogP contribution in [0.15, 0.2) is 47.6 Å². The summed E-state index contributed by atoms with van der Waals surface area (Å²) in [6, 6.07) is 12.8. The highest BCUT2D eigenvalue weighted by Crippen LogP contribution is 2.27. The Labute approximate surface area is 196 Å². The van der Waals surface area contributed by atoms with Crippen molar-refractivity contribution in [3.63, 3.8) is 0 Å². The number of benzene rings is 2. The maximum absolute atomic E-state index is 12.3. The minimum absolute atomic E-state index is 0.165. The number of hydrogen-bond donors (Lipinski definition) is 1. The molecule has 9 heteroatoms. The lowest BCUT2D eigenvalue weighted by molar-refractivity contribution is -0.113. The van der Waals surface area contributed by atoms with E-state index in [2.05, 4.69) is 29.4 Å². The number of anilines is 1. The Hall–Kier alpha value is -2.22. The van der Waals surface area contributed by atoms with Crippen molar-refractivity contribution < 1.29 is 9.53 Å². The molecular formula is C22H24Cl2N4O2S. The molecule has 3 rings (SSSR count). The summed E-state index contributed by atoms with van der Waals surface area (Å²) in [6.07, 6.45) is 0. The van der Waals surface area contributed by atoms with Crippen molar-refractivity contribution >= 4 is 46.6 Å².